The first-order chi connectivity index (χ1) is 8.30. The summed E-state index contributed by atoms with van der Waals surface area (Å²) in [7, 11) is -1.26. The normalized spacial score (nSPS) is 13.3. The van der Waals surface area contributed by atoms with Gasteiger partial charge >= 0.3 is 5.97 Å². The number of carboxylic acids is 1. The van der Waals surface area contributed by atoms with Gasteiger partial charge in [-0.2, -0.15) is 4.31 Å². The zero-order chi connectivity index (χ0) is 13.9. The van der Waals surface area contributed by atoms with Gasteiger partial charge in [0.05, 0.1) is 13.3 Å². The monoisotopic (exact) mass is 274 g/mol. The van der Waals surface area contributed by atoms with Crippen LogP contribution in [0.2, 0.25) is 0 Å². The Balaban J connectivity index is 3.09. The summed E-state index contributed by atoms with van der Waals surface area (Å²) in [5.74, 6) is -0.939. The first-order valence-corrected chi connectivity index (χ1v) is 6.45. The van der Waals surface area contributed by atoms with E-state index in [1.807, 2.05) is 0 Å². The van der Waals surface area contributed by atoms with Crippen LogP contribution in [0.25, 0.3) is 0 Å². The maximum absolute atomic E-state index is 12.1. The Labute approximate surface area is 105 Å². The molecule has 8 heteroatoms. The summed E-state index contributed by atoms with van der Waals surface area (Å²) in [6.07, 6.45) is 1.12. The van der Waals surface area contributed by atoms with E-state index in [-0.39, 0.29) is 10.8 Å². The van der Waals surface area contributed by atoms with Gasteiger partial charge in [-0.25, -0.2) is 13.4 Å². The highest BCUT2D eigenvalue weighted by molar-refractivity contribution is 7.89. The lowest BCUT2D eigenvalue weighted by Crippen LogP contribution is -2.40. The molecule has 0 saturated carbocycles. The first kappa shape index (κ1) is 14.4. The zero-order valence-corrected chi connectivity index (χ0v) is 11.0. The molecule has 1 unspecified atom stereocenters. The van der Waals surface area contributed by atoms with Crippen LogP contribution in [0.3, 0.4) is 0 Å². The third kappa shape index (κ3) is 2.77. The molecule has 0 aliphatic heterocycles. The average Bonchev–Trinajstić information content (AvgIpc) is 2.36. The number of hydrogen-bond donors (Lipinski definition) is 1. The molecule has 0 saturated heterocycles. The van der Waals surface area contributed by atoms with Crippen LogP contribution in [-0.4, -0.2) is 49.0 Å². The molecule has 1 N–H and O–H groups in total. The van der Waals surface area contributed by atoms with E-state index in [2.05, 4.69) is 4.98 Å². The van der Waals surface area contributed by atoms with Crippen molar-refractivity contribution in [3.8, 4) is 5.88 Å². The van der Waals surface area contributed by atoms with Gasteiger partial charge in [0.15, 0.2) is 0 Å². The SMILES string of the molecule is COc1ccc(S(=O)(=O)N(C)C(C)C(=O)O)cn1. The Kier molecular flexibility index (Phi) is 4.25. The molecule has 1 rings (SSSR count). The van der Waals surface area contributed by atoms with Crippen molar-refractivity contribution in [3.63, 3.8) is 0 Å². The summed E-state index contributed by atoms with van der Waals surface area (Å²) in [6.45, 7) is 1.29. The quantitative estimate of drug-likeness (QED) is 0.823. The van der Waals surface area contributed by atoms with E-state index >= 15 is 0 Å². The highest BCUT2D eigenvalue weighted by Gasteiger charge is 2.29. The van der Waals surface area contributed by atoms with Gasteiger partial charge in [-0.1, -0.05) is 0 Å². The highest BCUT2D eigenvalue weighted by atomic mass is 32.2. The van der Waals surface area contributed by atoms with E-state index in [9.17, 15) is 13.2 Å². The Morgan fingerprint density at radius 2 is 2.11 bits per heavy atom. The van der Waals surface area contributed by atoms with Gasteiger partial charge in [0.2, 0.25) is 15.9 Å². The van der Waals surface area contributed by atoms with Crippen LogP contribution in [0.1, 0.15) is 6.92 Å². The van der Waals surface area contributed by atoms with Crippen LogP contribution >= 0.6 is 0 Å². The number of carboxylic acid groups (broad SMARTS) is 1. The molecule has 1 aromatic heterocycles. The van der Waals surface area contributed by atoms with Gasteiger partial charge < -0.3 is 9.84 Å². The zero-order valence-electron chi connectivity index (χ0n) is 10.2. The number of aliphatic carboxylic acids is 1. The number of rotatable bonds is 5. The second-order valence-electron chi connectivity index (χ2n) is 3.57. The number of sulfonamides is 1. The lowest BCUT2D eigenvalue weighted by Gasteiger charge is -2.20. The number of carbonyl (C=O) groups is 1. The molecule has 0 aliphatic rings. The molecule has 1 atom stereocenters. The second kappa shape index (κ2) is 5.32. The lowest BCUT2D eigenvalue weighted by atomic mass is 10.4. The Morgan fingerprint density at radius 1 is 1.50 bits per heavy atom. The Hall–Kier alpha value is -1.67. The lowest BCUT2D eigenvalue weighted by molar-refractivity contribution is -0.140. The minimum Gasteiger partial charge on any atom is -0.481 e. The molecule has 1 heterocycles. The molecule has 0 amide bonds. The fraction of sp³-hybridized carbons (Fsp3) is 0.400. The van der Waals surface area contributed by atoms with Crippen LogP contribution in [0, 0.1) is 0 Å². The van der Waals surface area contributed by atoms with E-state index in [1.54, 1.807) is 0 Å². The van der Waals surface area contributed by atoms with Crippen molar-refractivity contribution in [2.75, 3.05) is 14.2 Å². The molecule has 0 bridgehead atoms. The van der Waals surface area contributed by atoms with Crippen LogP contribution < -0.4 is 4.74 Å². The second-order valence-corrected chi connectivity index (χ2v) is 5.57. The van der Waals surface area contributed by atoms with Crippen molar-refractivity contribution < 1.29 is 23.1 Å². The largest absolute Gasteiger partial charge is 0.481 e. The molecule has 0 aromatic carbocycles. The van der Waals surface area contributed by atoms with Gasteiger partial charge in [0.1, 0.15) is 10.9 Å². The number of likely N-dealkylation sites (N-methyl/N-ethyl adjacent to an activating group) is 1. The maximum Gasteiger partial charge on any atom is 0.321 e. The van der Waals surface area contributed by atoms with Crippen LogP contribution in [0.4, 0.5) is 0 Å². The molecule has 0 spiro atoms. The molecule has 0 radical (unpaired) electrons. The highest BCUT2D eigenvalue weighted by Crippen LogP contribution is 2.17. The molecule has 1 aromatic rings. The number of pyridine rings is 1. The predicted molar refractivity (Wildman–Crippen MR) is 62.8 cm³/mol. The minimum atomic E-state index is -3.87. The summed E-state index contributed by atoms with van der Waals surface area (Å²) in [4.78, 5) is 14.5. The van der Waals surface area contributed by atoms with Crippen molar-refractivity contribution in [2.24, 2.45) is 0 Å². The topological polar surface area (TPSA) is 96.8 Å². The van der Waals surface area contributed by atoms with E-state index in [0.717, 1.165) is 10.5 Å². The number of methoxy groups -OCH3 is 1. The smallest absolute Gasteiger partial charge is 0.321 e. The van der Waals surface area contributed by atoms with Gasteiger partial charge in [-0.05, 0) is 13.0 Å². The third-order valence-corrected chi connectivity index (χ3v) is 4.41. The molecule has 7 nitrogen and oxygen atoms in total. The number of aromatic nitrogens is 1. The van der Waals surface area contributed by atoms with Gasteiger partial charge in [0.25, 0.3) is 0 Å². The number of ether oxygens (including phenoxy) is 1. The van der Waals surface area contributed by atoms with Crippen LogP contribution in [0.15, 0.2) is 23.2 Å². The Bertz CT molecular complexity index is 526. The van der Waals surface area contributed by atoms with E-state index in [1.165, 1.54) is 33.2 Å². The molecule has 100 valence electrons. The third-order valence-electron chi connectivity index (χ3n) is 2.50. The molecular formula is C10H14N2O5S. The van der Waals surface area contributed by atoms with Crippen molar-refractivity contribution >= 4 is 16.0 Å². The summed E-state index contributed by atoms with van der Waals surface area (Å²) >= 11 is 0. The summed E-state index contributed by atoms with van der Waals surface area (Å²) < 4.78 is 29.7. The van der Waals surface area contributed by atoms with E-state index in [4.69, 9.17) is 9.84 Å². The van der Waals surface area contributed by atoms with Crippen molar-refractivity contribution in [2.45, 2.75) is 17.9 Å². The summed E-state index contributed by atoms with van der Waals surface area (Å²) in [5, 5.41) is 8.80. The van der Waals surface area contributed by atoms with Crippen LogP contribution in [0.5, 0.6) is 5.88 Å². The summed E-state index contributed by atoms with van der Waals surface area (Å²) in [6, 6.07) is 1.55. The average molecular weight is 274 g/mol. The minimum absolute atomic E-state index is 0.0844. The van der Waals surface area contributed by atoms with Crippen LogP contribution in [-0.2, 0) is 14.8 Å². The van der Waals surface area contributed by atoms with Gasteiger partial charge in [-0.3, -0.25) is 4.79 Å². The van der Waals surface area contributed by atoms with Crippen molar-refractivity contribution in [1.82, 2.24) is 9.29 Å². The summed E-state index contributed by atoms with van der Waals surface area (Å²) in [5.41, 5.74) is 0. The van der Waals surface area contributed by atoms with Gasteiger partial charge in [-0.15, -0.1) is 0 Å². The first-order valence-electron chi connectivity index (χ1n) is 5.01. The molecule has 18 heavy (non-hydrogen) atoms. The van der Waals surface area contributed by atoms with Crippen molar-refractivity contribution in [3.05, 3.63) is 18.3 Å². The fourth-order valence-electron chi connectivity index (χ4n) is 1.17. The predicted octanol–water partition coefficient (Wildman–Crippen LogP) is 0.184. The molecule has 0 fully saturated rings. The van der Waals surface area contributed by atoms with Crippen molar-refractivity contribution in [1.29, 1.82) is 0 Å². The Morgan fingerprint density at radius 3 is 2.50 bits per heavy atom. The molecule has 0 aliphatic carbocycles. The maximum atomic E-state index is 12.1. The number of hydrogen-bond acceptors (Lipinski definition) is 5. The molecular weight excluding hydrogens is 260 g/mol. The number of nitrogens with zero attached hydrogens (tertiary/aromatic N) is 2. The van der Waals surface area contributed by atoms with Gasteiger partial charge in [0, 0.05) is 13.1 Å². The van der Waals surface area contributed by atoms with E-state index < -0.39 is 22.0 Å². The standard InChI is InChI=1S/C10H14N2O5S/c1-7(10(13)14)12(2)18(15,16)8-4-5-9(17-3)11-6-8/h4-7H,1-3H3,(H,13,14). The fourth-order valence-corrected chi connectivity index (χ4v) is 2.43. The van der Waals surface area contributed by atoms with E-state index in [0.29, 0.717) is 0 Å².